The van der Waals surface area contributed by atoms with E-state index in [0.717, 1.165) is 5.56 Å². The van der Waals surface area contributed by atoms with Crippen molar-refractivity contribution in [2.45, 2.75) is 52.1 Å². The number of amides is 1. The predicted octanol–water partition coefficient (Wildman–Crippen LogP) is 6.52. The molecule has 0 fully saturated rings. The summed E-state index contributed by atoms with van der Waals surface area (Å²) in [4.78, 5) is 14.6. The lowest BCUT2D eigenvalue weighted by atomic mass is 10.0. The van der Waals surface area contributed by atoms with Crippen molar-refractivity contribution in [2.24, 2.45) is 0 Å². The van der Waals surface area contributed by atoms with Crippen LogP contribution in [0.15, 0.2) is 48.5 Å². The Morgan fingerprint density at radius 3 is 2.42 bits per heavy atom. The molecule has 2 aromatic carbocycles. The van der Waals surface area contributed by atoms with Crippen LogP contribution in [-0.2, 0) is 11.2 Å². The van der Waals surface area contributed by atoms with Crippen molar-refractivity contribution in [1.29, 1.82) is 5.26 Å². The Labute approximate surface area is 211 Å². The van der Waals surface area contributed by atoms with Crippen LogP contribution in [0, 0.1) is 11.3 Å². The summed E-state index contributed by atoms with van der Waals surface area (Å²) in [6, 6.07) is 14.0. The van der Waals surface area contributed by atoms with E-state index in [1.54, 1.807) is 51.1 Å². The first kappa shape index (κ1) is 26.9. The number of aromatic nitrogens is 2. The van der Waals surface area contributed by atoms with Gasteiger partial charge in [-0.3, -0.25) is 4.90 Å². The average Bonchev–Trinajstić information content (AvgIpc) is 3.27. The van der Waals surface area contributed by atoms with Gasteiger partial charge >= 0.3 is 12.5 Å². The highest BCUT2D eigenvalue weighted by atomic mass is 32.1. The van der Waals surface area contributed by atoms with Gasteiger partial charge in [-0.1, -0.05) is 35.6 Å². The molecule has 0 radical (unpaired) electrons. The van der Waals surface area contributed by atoms with Crippen molar-refractivity contribution in [1.82, 2.24) is 15.1 Å². The quantitative estimate of drug-likeness (QED) is 0.354. The van der Waals surface area contributed by atoms with Crippen LogP contribution in [0.5, 0.6) is 5.75 Å². The molecule has 0 aliphatic heterocycles. The number of ether oxygens (including phenoxy) is 2. The smallest absolute Gasteiger partial charge is 0.444 e. The van der Waals surface area contributed by atoms with Crippen molar-refractivity contribution in [3.63, 3.8) is 0 Å². The highest BCUT2D eigenvalue weighted by Gasteiger charge is 2.32. The highest BCUT2D eigenvalue weighted by Crippen LogP contribution is 2.34. The summed E-state index contributed by atoms with van der Waals surface area (Å²) in [6.07, 6.45) is -4.97. The van der Waals surface area contributed by atoms with Gasteiger partial charge < -0.3 is 9.47 Å². The molecule has 0 N–H and O–H groups in total. The van der Waals surface area contributed by atoms with Crippen molar-refractivity contribution < 1.29 is 27.4 Å². The third-order valence-corrected chi connectivity index (χ3v) is 5.97. The van der Waals surface area contributed by atoms with Crippen LogP contribution >= 0.6 is 11.3 Å². The van der Waals surface area contributed by atoms with E-state index in [0.29, 0.717) is 34.1 Å². The average molecular weight is 519 g/mol. The zero-order chi connectivity index (χ0) is 26.5. The number of hydrogen-bond acceptors (Lipinski definition) is 7. The number of likely N-dealkylation sites (N-methyl/N-ethyl adjacent to an activating group) is 1. The molecular weight excluding hydrogens is 493 g/mol. The second-order valence-electron chi connectivity index (χ2n) is 8.82. The summed E-state index contributed by atoms with van der Waals surface area (Å²) in [5, 5.41) is 18.4. The molecule has 36 heavy (non-hydrogen) atoms. The van der Waals surface area contributed by atoms with Gasteiger partial charge in [-0.25, -0.2) is 4.79 Å². The summed E-state index contributed by atoms with van der Waals surface area (Å²) < 4.78 is 47.6. The maximum absolute atomic E-state index is 13.0. The Morgan fingerprint density at radius 2 is 1.83 bits per heavy atom. The molecule has 0 spiro atoms. The molecule has 1 atom stereocenters. The molecule has 0 saturated heterocycles. The minimum atomic E-state index is -4.81. The molecule has 0 aliphatic carbocycles. The molecule has 11 heteroatoms. The van der Waals surface area contributed by atoms with Crippen molar-refractivity contribution in [3.05, 3.63) is 64.7 Å². The van der Waals surface area contributed by atoms with Gasteiger partial charge in [0.25, 0.3) is 0 Å². The first-order valence-corrected chi connectivity index (χ1v) is 11.9. The first-order chi connectivity index (χ1) is 16.9. The van der Waals surface area contributed by atoms with E-state index < -0.39 is 24.1 Å². The van der Waals surface area contributed by atoms with Crippen LogP contribution in [0.4, 0.5) is 18.0 Å². The van der Waals surface area contributed by atoms with Crippen molar-refractivity contribution >= 4 is 17.4 Å². The molecule has 1 aromatic heterocycles. The third kappa shape index (κ3) is 7.42. The van der Waals surface area contributed by atoms with Crippen molar-refractivity contribution in [3.8, 4) is 22.4 Å². The zero-order valence-corrected chi connectivity index (χ0v) is 21.0. The number of carbonyl (C=O) groups excluding carboxylic acids is 1. The second-order valence-corrected chi connectivity index (χ2v) is 9.83. The van der Waals surface area contributed by atoms with Gasteiger partial charge in [0.15, 0.2) is 0 Å². The predicted molar refractivity (Wildman–Crippen MR) is 128 cm³/mol. The SMILES string of the molecule is CCN(C(=O)OC(C)(C)C)[C@@H](Cc1ccc(C#N)cc1)c1nnc(-c2cccc(OC(F)(F)F)c2)s1. The normalized spacial score (nSPS) is 12.5. The molecule has 1 heterocycles. The summed E-state index contributed by atoms with van der Waals surface area (Å²) in [6.45, 7) is 7.45. The number of hydrogen-bond donors (Lipinski definition) is 0. The summed E-state index contributed by atoms with van der Waals surface area (Å²) >= 11 is 1.17. The van der Waals surface area contributed by atoms with Crippen LogP contribution in [-0.4, -0.2) is 39.7 Å². The molecule has 3 aromatic rings. The lowest BCUT2D eigenvalue weighted by molar-refractivity contribution is -0.274. The van der Waals surface area contributed by atoms with E-state index in [9.17, 15) is 18.0 Å². The Kier molecular flexibility index (Phi) is 8.20. The van der Waals surface area contributed by atoms with Gasteiger partial charge in [-0.05, 0) is 63.9 Å². The van der Waals surface area contributed by atoms with Crippen LogP contribution < -0.4 is 4.74 Å². The van der Waals surface area contributed by atoms with E-state index in [1.165, 1.54) is 34.4 Å². The molecule has 7 nitrogen and oxygen atoms in total. The fourth-order valence-electron chi connectivity index (χ4n) is 3.38. The largest absolute Gasteiger partial charge is 0.573 e. The third-order valence-electron chi connectivity index (χ3n) is 4.90. The van der Waals surface area contributed by atoms with E-state index in [-0.39, 0.29) is 5.75 Å². The summed E-state index contributed by atoms with van der Waals surface area (Å²) in [5.74, 6) is -0.366. The number of nitriles is 1. The van der Waals surface area contributed by atoms with Crippen LogP contribution in [0.2, 0.25) is 0 Å². The molecule has 0 aliphatic rings. The van der Waals surface area contributed by atoms with E-state index in [2.05, 4.69) is 21.0 Å². The van der Waals surface area contributed by atoms with E-state index >= 15 is 0 Å². The Bertz CT molecular complexity index is 1230. The van der Waals surface area contributed by atoms with Gasteiger partial charge in [0, 0.05) is 12.1 Å². The molecule has 0 saturated carbocycles. The molecule has 0 bridgehead atoms. The maximum atomic E-state index is 13.0. The van der Waals surface area contributed by atoms with Crippen LogP contribution in [0.1, 0.15) is 49.9 Å². The minimum absolute atomic E-state index is 0.319. The van der Waals surface area contributed by atoms with Crippen LogP contribution in [0.25, 0.3) is 10.6 Å². The standard InChI is InChI=1S/C25H25F3N4O3S/c1-5-32(23(33)35-24(2,3)4)20(13-16-9-11-17(15-29)12-10-16)22-31-30-21(36-22)18-7-6-8-19(14-18)34-25(26,27)28/h6-12,14,20H,5,13H2,1-4H3/t20-/m0/s1. The lowest BCUT2D eigenvalue weighted by Crippen LogP contribution is -2.40. The molecule has 190 valence electrons. The van der Waals surface area contributed by atoms with E-state index in [1.807, 2.05) is 6.92 Å². The second kappa shape index (κ2) is 11.0. The summed E-state index contributed by atoms with van der Waals surface area (Å²) in [7, 11) is 0. The van der Waals surface area contributed by atoms with Crippen molar-refractivity contribution in [2.75, 3.05) is 6.54 Å². The fraction of sp³-hybridized carbons (Fsp3) is 0.360. The van der Waals surface area contributed by atoms with Gasteiger partial charge in [-0.2, -0.15) is 5.26 Å². The lowest BCUT2D eigenvalue weighted by Gasteiger charge is -2.31. The highest BCUT2D eigenvalue weighted by molar-refractivity contribution is 7.14. The number of alkyl halides is 3. The number of carbonyl (C=O) groups is 1. The fourth-order valence-corrected chi connectivity index (χ4v) is 4.33. The zero-order valence-electron chi connectivity index (χ0n) is 20.2. The molecule has 0 unspecified atom stereocenters. The van der Waals surface area contributed by atoms with Gasteiger partial charge in [-0.15, -0.1) is 23.4 Å². The summed E-state index contributed by atoms with van der Waals surface area (Å²) in [5.41, 5.74) is 1.06. The van der Waals surface area contributed by atoms with Gasteiger partial charge in [0.1, 0.15) is 21.4 Å². The van der Waals surface area contributed by atoms with Gasteiger partial charge in [0.05, 0.1) is 17.7 Å². The Balaban J connectivity index is 1.96. The monoisotopic (exact) mass is 518 g/mol. The Morgan fingerprint density at radius 1 is 1.14 bits per heavy atom. The Hall–Kier alpha value is -3.65. The van der Waals surface area contributed by atoms with Crippen LogP contribution in [0.3, 0.4) is 0 Å². The van der Waals surface area contributed by atoms with E-state index in [4.69, 9.17) is 10.00 Å². The number of halogens is 3. The number of nitrogens with zero attached hydrogens (tertiary/aromatic N) is 4. The first-order valence-electron chi connectivity index (χ1n) is 11.1. The maximum Gasteiger partial charge on any atom is 0.573 e. The van der Waals surface area contributed by atoms with Gasteiger partial charge in [0.2, 0.25) is 0 Å². The number of benzene rings is 2. The molecular formula is C25H25F3N4O3S. The molecule has 3 rings (SSSR count). The minimum Gasteiger partial charge on any atom is -0.444 e. The molecule has 1 amide bonds. The topological polar surface area (TPSA) is 88.3 Å². The number of rotatable bonds is 7.